The quantitative estimate of drug-likeness (QED) is 0.692. The number of nitrogens with one attached hydrogen (secondary N) is 1. The molecule has 3 atom stereocenters. The smallest absolute Gasteiger partial charge is 0.255 e. The molecule has 2 aliphatic heterocycles. The van der Waals surface area contributed by atoms with E-state index in [-0.39, 0.29) is 24.0 Å². The molecule has 3 aromatic rings. The molecule has 0 aliphatic carbocycles. The van der Waals surface area contributed by atoms with Crippen LogP contribution in [0.15, 0.2) is 54.7 Å². The monoisotopic (exact) mass is 417 g/mol. The van der Waals surface area contributed by atoms with E-state index >= 15 is 0 Å². The second kappa shape index (κ2) is 7.85. The number of nitrogens with zero attached hydrogens (tertiary/aromatic N) is 2. The van der Waals surface area contributed by atoms with Crippen LogP contribution >= 0.6 is 0 Å². The van der Waals surface area contributed by atoms with E-state index in [0.29, 0.717) is 12.1 Å². The summed E-state index contributed by atoms with van der Waals surface area (Å²) in [5, 5.41) is 4.09. The van der Waals surface area contributed by atoms with Crippen molar-refractivity contribution in [2.45, 2.75) is 38.0 Å². The SMILES string of the molecule is C[C@@H](C(=O)NC[C@@H]1CCCO1)N1C(=O)c2ccccc2[C@H]1c1cn(C)c2ccccc12. The van der Waals surface area contributed by atoms with Gasteiger partial charge in [0, 0.05) is 48.4 Å². The average molecular weight is 418 g/mol. The Kier molecular flexibility index (Phi) is 5.02. The van der Waals surface area contributed by atoms with Gasteiger partial charge in [0.1, 0.15) is 6.04 Å². The lowest BCUT2D eigenvalue weighted by Gasteiger charge is -2.31. The number of benzene rings is 2. The van der Waals surface area contributed by atoms with Crippen molar-refractivity contribution in [3.8, 4) is 0 Å². The zero-order valence-corrected chi connectivity index (χ0v) is 17.9. The van der Waals surface area contributed by atoms with Gasteiger partial charge in [-0.3, -0.25) is 9.59 Å². The Morgan fingerprint density at radius 3 is 2.74 bits per heavy atom. The summed E-state index contributed by atoms with van der Waals surface area (Å²) in [5.41, 5.74) is 3.75. The lowest BCUT2D eigenvalue weighted by molar-refractivity contribution is -0.126. The van der Waals surface area contributed by atoms with Crippen molar-refractivity contribution in [1.29, 1.82) is 0 Å². The minimum absolute atomic E-state index is 0.0662. The molecule has 1 saturated heterocycles. The van der Waals surface area contributed by atoms with Crippen molar-refractivity contribution in [3.63, 3.8) is 0 Å². The second-order valence-electron chi connectivity index (χ2n) is 8.47. The molecule has 0 unspecified atom stereocenters. The standard InChI is InChI=1S/C25H27N3O3/c1-16(24(29)26-14-17-8-7-13-31-17)28-23(19-10-3-4-11-20(19)25(28)30)21-15-27(2)22-12-6-5-9-18(21)22/h3-6,9-12,15-17,23H,7-8,13-14H2,1-2H3,(H,26,29)/t16-,17-,23-/m0/s1. The predicted molar refractivity (Wildman–Crippen MR) is 119 cm³/mol. The second-order valence-corrected chi connectivity index (χ2v) is 8.47. The van der Waals surface area contributed by atoms with Crippen molar-refractivity contribution in [2.24, 2.45) is 7.05 Å². The highest BCUT2D eigenvalue weighted by molar-refractivity contribution is 6.03. The van der Waals surface area contributed by atoms with Crippen LogP contribution in [0.25, 0.3) is 10.9 Å². The predicted octanol–water partition coefficient (Wildman–Crippen LogP) is 3.41. The molecule has 0 bridgehead atoms. The molecule has 1 fully saturated rings. The molecule has 2 aliphatic rings. The fourth-order valence-electron chi connectivity index (χ4n) is 4.94. The molecule has 31 heavy (non-hydrogen) atoms. The zero-order valence-electron chi connectivity index (χ0n) is 17.9. The normalized spacial score (nSPS) is 21.5. The average Bonchev–Trinajstić information content (AvgIpc) is 3.49. The number of rotatable bonds is 5. The number of para-hydroxylation sites is 1. The minimum atomic E-state index is -0.606. The molecular formula is C25H27N3O3. The largest absolute Gasteiger partial charge is 0.376 e. The summed E-state index contributed by atoms with van der Waals surface area (Å²) < 4.78 is 7.70. The lowest BCUT2D eigenvalue weighted by atomic mass is 9.97. The van der Waals surface area contributed by atoms with E-state index in [1.54, 1.807) is 4.90 Å². The molecule has 1 aromatic heterocycles. The van der Waals surface area contributed by atoms with Crippen molar-refractivity contribution < 1.29 is 14.3 Å². The summed E-state index contributed by atoms with van der Waals surface area (Å²) >= 11 is 0. The molecule has 1 N–H and O–H groups in total. The van der Waals surface area contributed by atoms with E-state index in [1.807, 2.05) is 50.4 Å². The Morgan fingerprint density at radius 1 is 1.16 bits per heavy atom. The molecule has 6 heteroatoms. The van der Waals surface area contributed by atoms with E-state index in [2.05, 4.69) is 28.2 Å². The Bertz CT molecular complexity index is 1150. The first kappa shape index (κ1) is 19.8. The first-order chi connectivity index (χ1) is 15.1. The van der Waals surface area contributed by atoms with Gasteiger partial charge in [-0.2, -0.15) is 0 Å². The van der Waals surface area contributed by atoms with E-state index in [4.69, 9.17) is 4.74 Å². The van der Waals surface area contributed by atoms with Gasteiger partial charge in [0.05, 0.1) is 12.1 Å². The molecule has 0 spiro atoms. The molecular weight excluding hydrogens is 390 g/mol. The first-order valence-electron chi connectivity index (χ1n) is 10.9. The van der Waals surface area contributed by atoms with Gasteiger partial charge < -0.3 is 19.5 Å². The summed E-state index contributed by atoms with van der Waals surface area (Å²) in [5.74, 6) is -0.254. The summed E-state index contributed by atoms with van der Waals surface area (Å²) in [4.78, 5) is 28.2. The van der Waals surface area contributed by atoms with Crippen molar-refractivity contribution in [2.75, 3.05) is 13.2 Å². The number of aromatic nitrogens is 1. The molecule has 0 saturated carbocycles. The maximum Gasteiger partial charge on any atom is 0.255 e. The number of carbonyl (C=O) groups excluding carboxylic acids is 2. The Hall–Kier alpha value is -3.12. The van der Waals surface area contributed by atoms with Crippen LogP contribution in [0.1, 0.15) is 47.3 Å². The molecule has 2 amide bonds. The number of amides is 2. The third kappa shape index (κ3) is 3.31. The lowest BCUT2D eigenvalue weighted by Crippen LogP contribution is -2.48. The maximum atomic E-state index is 13.4. The van der Waals surface area contributed by atoms with Crippen LogP contribution < -0.4 is 5.32 Å². The van der Waals surface area contributed by atoms with Crippen molar-refractivity contribution in [3.05, 3.63) is 71.4 Å². The third-order valence-electron chi connectivity index (χ3n) is 6.55. The molecule has 3 heterocycles. The minimum Gasteiger partial charge on any atom is -0.376 e. The number of fused-ring (bicyclic) bond motifs is 2. The fraction of sp³-hybridized carbons (Fsp3) is 0.360. The van der Waals surface area contributed by atoms with Crippen molar-refractivity contribution >= 4 is 22.7 Å². The molecule has 5 rings (SSSR count). The van der Waals surface area contributed by atoms with Gasteiger partial charge in [-0.25, -0.2) is 0 Å². The van der Waals surface area contributed by atoms with E-state index in [9.17, 15) is 9.59 Å². The first-order valence-corrected chi connectivity index (χ1v) is 10.9. The molecule has 2 aromatic carbocycles. The number of ether oxygens (including phenoxy) is 1. The highest BCUT2D eigenvalue weighted by Gasteiger charge is 2.43. The van der Waals surface area contributed by atoms with Crippen LogP contribution in [-0.4, -0.2) is 46.6 Å². The molecule has 160 valence electrons. The van der Waals surface area contributed by atoms with Gasteiger partial charge in [0.2, 0.25) is 5.91 Å². The zero-order chi connectivity index (χ0) is 21.5. The van der Waals surface area contributed by atoms with Crippen LogP contribution in [0.4, 0.5) is 0 Å². The highest BCUT2D eigenvalue weighted by atomic mass is 16.5. The van der Waals surface area contributed by atoms with Gasteiger partial charge in [-0.05, 0) is 37.5 Å². The fourth-order valence-corrected chi connectivity index (χ4v) is 4.94. The summed E-state index contributed by atoms with van der Waals surface area (Å²) in [6, 6.07) is 14.9. The van der Waals surface area contributed by atoms with Gasteiger partial charge in [0.25, 0.3) is 5.91 Å². The molecule has 6 nitrogen and oxygen atoms in total. The van der Waals surface area contributed by atoms with Crippen LogP contribution in [0.2, 0.25) is 0 Å². The maximum absolute atomic E-state index is 13.4. The third-order valence-corrected chi connectivity index (χ3v) is 6.55. The van der Waals surface area contributed by atoms with Crippen molar-refractivity contribution in [1.82, 2.24) is 14.8 Å². The summed E-state index contributed by atoms with van der Waals surface area (Å²) in [7, 11) is 2.01. The Labute approximate surface area is 181 Å². The Morgan fingerprint density at radius 2 is 1.94 bits per heavy atom. The Balaban J connectivity index is 1.52. The van der Waals surface area contributed by atoms with Gasteiger partial charge in [0.15, 0.2) is 0 Å². The van der Waals surface area contributed by atoms with E-state index in [1.165, 1.54) is 0 Å². The van der Waals surface area contributed by atoms with Gasteiger partial charge in [-0.1, -0.05) is 36.4 Å². The number of carbonyl (C=O) groups is 2. The van der Waals surface area contributed by atoms with Gasteiger partial charge in [-0.15, -0.1) is 0 Å². The van der Waals surface area contributed by atoms with Crippen LogP contribution in [0.3, 0.4) is 0 Å². The number of aryl methyl sites for hydroxylation is 1. The topological polar surface area (TPSA) is 63.6 Å². The number of hydrogen-bond donors (Lipinski definition) is 1. The molecule has 0 radical (unpaired) electrons. The van der Waals surface area contributed by atoms with Crippen LogP contribution in [0, 0.1) is 0 Å². The highest BCUT2D eigenvalue weighted by Crippen LogP contribution is 2.42. The van der Waals surface area contributed by atoms with Gasteiger partial charge >= 0.3 is 0 Å². The van der Waals surface area contributed by atoms with Crippen LogP contribution in [0.5, 0.6) is 0 Å². The number of hydrogen-bond acceptors (Lipinski definition) is 3. The van der Waals surface area contributed by atoms with Crippen LogP contribution in [-0.2, 0) is 16.6 Å². The summed E-state index contributed by atoms with van der Waals surface area (Å²) in [6.45, 7) is 3.04. The summed E-state index contributed by atoms with van der Waals surface area (Å²) in [6.07, 6.45) is 4.13. The van der Waals surface area contributed by atoms with E-state index < -0.39 is 6.04 Å². The van der Waals surface area contributed by atoms with E-state index in [0.717, 1.165) is 41.5 Å².